The predicted molar refractivity (Wildman–Crippen MR) is 93.6 cm³/mol. The average Bonchev–Trinajstić information content (AvgIpc) is 2.54. The Morgan fingerprint density at radius 3 is 1.96 bits per heavy atom. The number of nitrogens with zero attached hydrogens (tertiary/aromatic N) is 4. The molecule has 5 heteroatoms. The van der Waals surface area contributed by atoms with E-state index in [9.17, 15) is 4.39 Å². The molecule has 0 saturated carbocycles. The lowest BCUT2D eigenvalue weighted by Gasteiger charge is -1.95. The van der Waals surface area contributed by atoms with Crippen molar-refractivity contribution in [1.82, 2.24) is 19.9 Å². The molecule has 0 aliphatic rings. The van der Waals surface area contributed by atoms with Crippen LogP contribution in [0.1, 0.15) is 28.3 Å². The second-order valence-corrected chi connectivity index (χ2v) is 5.28. The van der Waals surface area contributed by atoms with Gasteiger partial charge in [0, 0.05) is 18.6 Å². The highest BCUT2D eigenvalue weighted by atomic mass is 19.1. The van der Waals surface area contributed by atoms with Crippen LogP contribution in [0.25, 0.3) is 12.2 Å². The van der Waals surface area contributed by atoms with Crippen molar-refractivity contribution in [3.63, 3.8) is 0 Å². The quantitative estimate of drug-likeness (QED) is 0.710. The van der Waals surface area contributed by atoms with Crippen molar-refractivity contribution in [3.8, 4) is 0 Å². The third kappa shape index (κ3) is 6.04. The molecule has 0 fully saturated rings. The zero-order valence-electron chi connectivity index (χ0n) is 13.9. The summed E-state index contributed by atoms with van der Waals surface area (Å²) in [5, 5.41) is 0. The molecule has 4 nitrogen and oxygen atoms in total. The average molecular weight is 322 g/mol. The zero-order valence-corrected chi connectivity index (χ0v) is 13.9. The molecule has 0 N–H and O–H groups in total. The van der Waals surface area contributed by atoms with E-state index in [-0.39, 0.29) is 5.82 Å². The van der Waals surface area contributed by atoms with Crippen molar-refractivity contribution < 1.29 is 4.39 Å². The molecule has 0 unspecified atom stereocenters. The summed E-state index contributed by atoms with van der Waals surface area (Å²) in [6.07, 6.45) is 10.5. The standard InChI is InChI=1S/C13H11FN2.C6H8N2/c1-10-8-15-9-13(16-10)6-5-11-3-2-4-12(14)7-11;1-5-3-7-4-6(2)8-5/h2-9H,1H3;3-4H,1-2H3. The summed E-state index contributed by atoms with van der Waals surface area (Å²) in [5.74, 6) is -0.238. The Morgan fingerprint density at radius 1 is 0.792 bits per heavy atom. The smallest absolute Gasteiger partial charge is 0.123 e. The van der Waals surface area contributed by atoms with Crippen LogP contribution < -0.4 is 0 Å². The van der Waals surface area contributed by atoms with Crippen LogP contribution in [0.5, 0.6) is 0 Å². The van der Waals surface area contributed by atoms with E-state index in [1.807, 2.05) is 39.0 Å². The number of aromatic nitrogens is 4. The van der Waals surface area contributed by atoms with Gasteiger partial charge in [-0.2, -0.15) is 0 Å². The van der Waals surface area contributed by atoms with Gasteiger partial charge in [-0.15, -0.1) is 0 Å². The van der Waals surface area contributed by atoms with E-state index in [1.54, 1.807) is 30.9 Å². The lowest BCUT2D eigenvalue weighted by molar-refractivity contribution is 0.627. The molecular formula is C19H19FN4. The SMILES string of the molecule is Cc1cncc(C)n1.Cc1cncc(C=Cc2cccc(F)c2)n1. The van der Waals surface area contributed by atoms with E-state index in [0.29, 0.717) is 0 Å². The van der Waals surface area contributed by atoms with Crippen molar-refractivity contribution in [2.24, 2.45) is 0 Å². The maximum absolute atomic E-state index is 12.9. The van der Waals surface area contributed by atoms with Crippen LogP contribution in [0.15, 0.2) is 49.1 Å². The maximum atomic E-state index is 12.9. The maximum Gasteiger partial charge on any atom is 0.123 e. The molecule has 0 amide bonds. The Hall–Kier alpha value is -2.95. The Balaban J connectivity index is 0.000000219. The van der Waals surface area contributed by atoms with E-state index in [0.717, 1.165) is 28.3 Å². The number of halogens is 1. The third-order valence-corrected chi connectivity index (χ3v) is 2.94. The summed E-state index contributed by atoms with van der Waals surface area (Å²) in [6, 6.07) is 6.41. The van der Waals surface area contributed by atoms with Crippen LogP contribution in [-0.2, 0) is 0 Å². The Labute approximate surface area is 141 Å². The van der Waals surface area contributed by atoms with Crippen molar-refractivity contribution in [2.75, 3.05) is 0 Å². The fourth-order valence-electron chi connectivity index (χ4n) is 1.94. The normalized spacial score (nSPS) is 10.3. The second-order valence-electron chi connectivity index (χ2n) is 5.28. The Bertz CT molecular complexity index is 766. The first-order chi connectivity index (χ1) is 11.5. The molecular weight excluding hydrogens is 303 g/mol. The van der Waals surface area contributed by atoms with E-state index in [1.165, 1.54) is 12.1 Å². The minimum absolute atomic E-state index is 0.238. The van der Waals surface area contributed by atoms with Gasteiger partial charge >= 0.3 is 0 Å². The minimum Gasteiger partial charge on any atom is -0.261 e. The van der Waals surface area contributed by atoms with Gasteiger partial charge in [0.1, 0.15) is 5.82 Å². The van der Waals surface area contributed by atoms with Crippen LogP contribution in [0, 0.1) is 26.6 Å². The lowest BCUT2D eigenvalue weighted by Crippen LogP contribution is -1.86. The molecule has 0 spiro atoms. The summed E-state index contributed by atoms with van der Waals surface area (Å²) in [7, 11) is 0. The van der Waals surface area contributed by atoms with E-state index >= 15 is 0 Å². The van der Waals surface area contributed by atoms with Crippen LogP contribution in [0.2, 0.25) is 0 Å². The molecule has 0 bridgehead atoms. The van der Waals surface area contributed by atoms with Gasteiger partial charge in [-0.1, -0.05) is 18.2 Å². The Kier molecular flexibility index (Phi) is 6.25. The molecule has 0 saturated heterocycles. The van der Waals surface area contributed by atoms with Crippen molar-refractivity contribution in [2.45, 2.75) is 20.8 Å². The summed E-state index contributed by atoms with van der Waals surface area (Å²) < 4.78 is 12.9. The van der Waals surface area contributed by atoms with Crippen molar-refractivity contribution >= 4 is 12.2 Å². The lowest BCUT2D eigenvalue weighted by atomic mass is 10.2. The molecule has 2 heterocycles. The van der Waals surface area contributed by atoms with Crippen LogP contribution in [-0.4, -0.2) is 19.9 Å². The van der Waals surface area contributed by atoms with Gasteiger partial charge in [0.2, 0.25) is 0 Å². The number of hydrogen-bond acceptors (Lipinski definition) is 4. The first-order valence-corrected chi connectivity index (χ1v) is 7.50. The molecule has 3 rings (SSSR count). The van der Waals surface area contributed by atoms with Gasteiger partial charge < -0.3 is 0 Å². The molecule has 0 atom stereocenters. The van der Waals surface area contributed by atoms with Crippen LogP contribution >= 0.6 is 0 Å². The van der Waals surface area contributed by atoms with Gasteiger partial charge in [0.15, 0.2) is 0 Å². The third-order valence-electron chi connectivity index (χ3n) is 2.94. The van der Waals surface area contributed by atoms with Gasteiger partial charge in [-0.3, -0.25) is 19.9 Å². The molecule has 3 aromatic rings. The van der Waals surface area contributed by atoms with Gasteiger partial charge in [-0.25, -0.2) is 4.39 Å². The highest BCUT2D eigenvalue weighted by Gasteiger charge is 1.92. The van der Waals surface area contributed by atoms with E-state index in [2.05, 4.69) is 19.9 Å². The van der Waals surface area contributed by atoms with E-state index < -0.39 is 0 Å². The summed E-state index contributed by atoms with van der Waals surface area (Å²) in [4.78, 5) is 16.3. The summed E-state index contributed by atoms with van der Waals surface area (Å²) >= 11 is 0. The Morgan fingerprint density at radius 2 is 1.42 bits per heavy atom. The van der Waals surface area contributed by atoms with Gasteiger partial charge in [-0.05, 0) is 44.5 Å². The molecule has 0 aliphatic heterocycles. The summed E-state index contributed by atoms with van der Waals surface area (Å²) in [5.41, 5.74) is 4.39. The molecule has 122 valence electrons. The van der Waals surface area contributed by atoms with E-state index in [4.69, 9.17) is 0 Å². The molecule has 0 aliphatic carbocycles. The largest absolute Gasteiger partial charge is 0.261 e. The highest BCUT2D eigenvalue weighted by Crippen LogP contribution is 2.08. The molecule has 0 radical (unpaired) electrons. The number of rotatable bonds is 2. The first-order valence-electron chi connectivity index (χ1n) is 7.50. The van der Waals surface area contributed by atoms with Crippen molar-refractivity contribution in [1.29, 1.82) is 0 Å². The monoisotopic (exact) mass is 322 g/mol. The minimum atomic E-state index is -0.238. The van der Waals surface area contributed by atoms with Crippen molar-refractivity contribution in [3.05, 3.63) is 83.2 Å². The zero-order chi connectivity index (χ0) is 17.4. The molecule has 2 aromatic heterocycles. The van der Waals surface area contributed by atoms with Gasteiger partial charge in [0.25, 0.3) is 0 Å². The molecule has 24 heavy (non-hydrogen) atoms. The predicted octanol–water partition coefficient (Wildman–Crippen LogP) is 4.19. The fourth-order valence-corrected chi connectivity index (χ4v) is 1.94. The van der Waals surface area contributed by atoms with Crippen LogP contribution in [0.4, 0.5) is 4.39 Å². The second kappa shape index (κ2) is 8.62. The number of benzene rings is 1. The first kappa shape index (κ1) is 17.4. The topological polar surface area (TPSA) is 51.6 Å². The molecule has 1 aromatic carbocycles. The van der Waals surface area contributed by atoms with Gasteiger partial charge in [0.05, 0.1) is 29.0 Å². The number of hydrogen-bond donors (Lipinski definition) is 0. The highest BCUT2D eigenvalue weighted by molar-refractivity contribution is 5.67. The fraction of sp³-hybridized carbons (Fsp3) is 0.158. The number of aryl methyl sites for hydroxylation is 3. The summed E-state index contributed by atoms with van der Waals surface area (Å²) in [6.45, 7) is 5.74. The van der Waals surface area contributed by atoms with Crippen LogP contribution in [0.3, 0.4) is 0 Å².